The number of aliphatic carboxylic acids is 1. The molecule has 1 rings (SSSR count). The maximum atomic E-state index is 10.1. The first-order chi connectivity index (χ1) is 5.79. The van der Waals surface area contributed by atoms with Gasteiger partial charge in [0.15, 0.2) is 0 Å². The molecule has 0 saturated carbocycles. The highest BCUT2D eigenvalue weighted by atomic mass is 16.4. The molecule has 1 aromatic heterocycles. The van der Waals surface area contributed by atoms with Crippen LogP contribution in [0.4, 0.5) is 0 Å². The second kappa shape index (κ2) is 4.48. The third-order valence-corrected chi connectivity index (χ3v) is 1.43. The lowest BCUT2D eigenvalue weighted by Gasteiger charge is -1.96. The van der Waals surface area contributed by atoms with Gasteiger partial charge in [-0.1, -0.05) is 5.21 Å². The molecule has 12 heavy (non-hydrogen) atoms. The van der Waals surface area contributed by atoms with Crippen molar-refractivity contribution in [3.05, 3.63) is 12.4 Å². The van der Waals surface area contributed by atoms with Crippen molar-refractivity contribution in [3.8, 4) is 0 Å². The summed E-state index contributed by atoms with van der Waals surface area (Å²) in [6.45, 7) is 0.688. The molecule has 1 aromatic rings. The molecule has 0 aliphatic heterocycles. The topological polar surface area (TPSA) is 68.0 Å². The molecule has 0 atom stereocenters. The Morgan fingerprint density at radius 3 is 3.00 bits per heavy atom. The van der Waals surface area contributed by atoms with E-state index in [2.05, 4.69) is 16.5 Å². The summed E-state index contributed by atoms with van der Waals surface area (Å²) in [4.78, 5) is 10.1. The zero-order valence-corrected chi connectivity index (χ0v) is 6.60. The molecule has 0 spiro atoms. The lowest BCUT2D eigenvalue weighted by molar-refractivity contribution is -0.137. The van der Waals surface area contributed by atoms with Crippen LogP contribution in [0.15, 0.2) is 6.20 Å². The Morgan fingerprint density at radius 2 is 2.42 bits per heavy atom. The first-order valence-corrected chi connectivity index (χ1v) is 3.77. The van der Waals surface area contributed by atoms with Crippen LogP contribution in [-0.2, 0) is 11.3 Å². The monoisotopic (exact) mass is 168 g/mol. The molecule has 0 bridgehead atoms. The Bertz CT molecular complexity index is 233. The average Bonchev–Trinajstić information content (AvgIpc) is 2.49. The number of rotatable bonds is 5. The Labute approximate surface area is 70.0 Å². The van der Waals surface area contributed by atoms with E-state index in [0.717, 1.165) is 6.42 Å². The van der Waals surface area contributed by atoms with Crippen molar-refractivity contribution in [2.24, 2.45) is 0 Å². The van der Waals surface area contributed by atoms with Gasteiger partial charge in [0.1, 0.15) is 6.20 Å². The van der Waals surface area contributed by atoms with Gasteiger partial charge < -0.3 is 5.11 Å². The molecule has 0 unspecified atom stereocenters. The average molecular weight is 168 g/mol. The van der Waals surface area contributed by atoms with Gasteiger partial charge in [-0.05, 0) is 12.8 Å². The summed E-state index contributed by atoms with van der Waals surface area (Å²) in [6, 6.07) is 0. The fourth-order valence-corrected chi connectivity index (χ4v) is 0.854. The van der Waals surface area contributed by atoms with Crippen molar-refractivity contribution in [3.63, 3.8) is 0 Å². The number of unbranched alkanes of at least 4 members (excludes halogenated alkanes) is 1. The molecule has 0 aliphatic rings. The molecule has 5 heteroatoms. The predicted octanol–water partition coefficient (Wildman–Crippen LogP) is 0.333. The number of nitrogens with zero attached hydrogens (tertiary/aromatic N) is 3. The summed E-state index contributed by atoms with van der Waals surface area (Å²) in [5.74, 6) is -0.752. The van der Waals surface area contributed by atoms with E-state index in [1.54, 1.807) is 4.68 Å². The van der Waals surface area contributed by atoms with Crippen LogP contribution in [0.1, 0.15) is 19.3 Å². The molecule has 1 radical (unpaired) electrons. The molecule has 1 heterocycles. The molecular weight excluding hydrogens is 158 g/mol. The highest BCUT2D eigenvalue weighted by Gasteiger charge is 1.97. The molecule has 1 N–H and O–H groups in total. The second-order valence-corrected chi connectivity index (χ2v) is 2.44. The van der Waals surface area contributed by atoms with Crippen LogP contribution in [-0.4, -0.2) is 26.1 Å². The Kier molecular flexibility index (Phi) is 3.25. The molecular formula is C7H10N3O2. The van der Waals surface area contributed by atoms with Gasteiger partial charge >= 0.3 is 5.97 Å². The van der Waals surface area contributed by atoms with Crippen LogP contribution >= 0.6 is 0 Å². The predicted molar refractivity (Wildman–Crippen MR) is 40.3 cm³/mol. The minimum Gasteiger partial charge on any atom is -0.481 e. The van der Waals surface area contributed by atoms with E-state index in [-0.39, 0.29) is 6.42 Å². The number of hydrogen-bond donors (Lipinski definition) is 1. The maximum Gasteiger partial charge on any atom is 0.303 e. The van der Waals surface area contributed by atoms with Crippen LogP contribution in [0.3, 0.4) is 0 Å². The highest BCUT2D eigenvalue weighted by molar-refractivity contribution is 5.66. The summed E-state index contributed by atoms with van der Waals surface area (Å²) in [7, 11) is 0. The third kappa shape index (κ3) is 3.14. The lowest BCUT2D eigenvalue weighted by atomic mass is 10.2. The highest BCUT2D eigenvalue weighted by Crippen LogP contribution is 1.96. The molecule has 5 nitrogen and oxygen atoms in total. The molecule has 0 fully saturated rings. The van der Waals surface area contributed by atoms with Crippen molar-refractivity contribution in [1.82, 2.24) is 15.0 Å². The summed E-state index contributed by atoms with van der Waals surface area (Å²) in [6.07, 6.45) is 5.94. The summed E-state index contributed by atoms with van der Waals surface area (Å²) in [5, 5.41) is 15.6. The number of carbonyl (C=O) groups is 1. The minimum atomic E-state index is -0.752. The quantitative estimate of drug-likeness (QED) is 0.643. The zero-order chi connectivity index (χ0) is 8.81. The van der Waals surface area contributed by atoms with Gasteiger partial charge in [-0.15, -0.1) is 5.10 Å². The van der Waals surface area contributed by atoms with E-state index < -0.39 is 5.97 Å². The van der Waals surface area contributed by atoms with Gasteiger partial charge in [-0.3, -0.25) is 4.79 Å². The summed E-state index contributed by atoms with van der Waals surface area (Å²) in [5.41, 5.74) is 0. The van der Waals surface area contributed by atoms with Crippen molar-refractivity contribution in [1.29, 1.82) is 0 Å². The Morgan fingerprint density at radius 1 is 1.58 bits per heavy atom. The van der Waals surface area contributed by atoms with E-state index in [1.165, 1.54) is 6.20 Å². The molecule has 0 amide bonds. The number of hydrogen-bond acceptors (Lipinski definition) is 3. The molecule has 0 aromatic carbocycles. The van der Waals surface area contributed by atoms with Crippen LogP contribution < -0.4 is 0 Å². The van der Waals surface area contributed by atoms with Gasteiger partial charge in [-0.2, -0.15) is 0 Å². The number of carboxylic acids is 1. The van der Waals surface area contributed by atoms with Gasteiger partial charge in [0.05, 0.1) is 6.20 Å². The second-order valence-electron chi connectivity index (χ2n) is 2.44. The van der Waals surface area contributed by atoms with Crippen molar-refractivity contribution >= 4 is 5.97 Å². The molecule has 0 saturated heterocycles. The molecule has 65 valence electrons. The summed E-state index contributed by atoms with van der Waals surface area (Å²) >= 11 is 0. The minimum absolute atomic E-state index is 0.217. The van der Waals surface area contributed by atoms with Gasteiger partial charge in [0, 0.05) is 13.0 Å². The van der Waals surface area contributed by atoms with Crippen molar-refractivity contribution in [2.75, 3.05) is 0 Å². The van der Waals surface area contributed by atoms with E-state index in [1.807, 2.05) is 0 Å². The van der Waals surface area contributed by atoms with Crippen molar-refractivity contribution in [2.45, 2.75) is 25.8 Å². The van der Waals surface area contributed by atoms with Gasteiger partial charge in [-0.25, -0.2) is 4.68 Å². The molecule has 0 aliphatic carbocycles. The normalized spacial score (nSPS) is 10.0. The van der Waals surface area contributed by atoms with Gasteiger partial charge in [0.2, 0.25) is 0 Å². The smallest absolute Gasteiger partial charge is 0.303 e. The number of aromatic nitrogens is 3. The summed E-state index contributed by atoms with van der Waals surface area (Å²) < 4.78 is 1.57. The van der Waals surface area contributed by atoms with Crippen molar-refractivity contribution < 1.29 is 9.90 Å². The fourth-order valence-electron chi connectivity index (χ4n) is 0.854. The van der Waals surface area contributed by atoms with Crippen LogP contribution in [0, 0.1) is 6.20 Å². The largest absolute Gasteiger partial charge is 0.481 e. The maximum absolute atomic E-state index is 10.1. The first-order valence-electron chi connectivity index (χ1n) is 3.77. The van der Waals surface area contributed by atoms with Crippen LogP contribution in [0.5, 0.6) is 0 Å². The van der Waals surface area contributed by atoms with Crippen LogP contribution in [0.25, 0.3) is 0 Å². The number of carboxylic acid groups (broad SMARTS) is 1. The van der Waals surface area contributed by atoms with Crippen LogP contribution in [0.2, 0.25) is 0 Å². The lowest BCUT2D eigenvalue weighted by Crippen LogP contribution is -2.01. The SMILES string of the molecule is O=C(O)CCCCn1[c]cnn1. The van der Waals surface area contributed by atoms with Gasteiger partial charge in [0.25, 0.3) is 0 Å². The van der Waals surface area contributed by atoms with E-state index in [4.69, 9.17) is 5.11 Å². The van der Waals surface area contributed by atoms with E-state index in [9.17, 15) is 4.79 Å². The Hall–Kier alpha value is -1.39. The fraction of sp³-hybridized carbons (Fsp3) is 0.571. The number of aryl methyl sites for hydroxylation is 1. The third-order valence-electron chi connectivity index (χ3n) is 1.43. The van der Waals surface area contributed by atoms with E-state index >= 15 is 0 Å². The zero-order valence-electron chi connectivity index (χ0n) is 6.60. The first kappa shape index (κ1) is 8.70. The standard InChI is InChI=1S/C7H10N3O2/c11-7(12)3-1-2-5-10-6-4-8-9-10/h4H,1-3,5H2,(H,11,12). The Balaban J connectivity index is 2.07. The van der Waals surface area contributed by atoms with E-state index in [0.29, 0.717) is 13.0 Å².